The maximum Gasteiger partial charge on any atom is 0.0702 e. The first-order chi connectivity index (χ1) is 8.79. The highest BCUT2D eigenvalue weighted by atomic mass is 79.9. The Bertz CT molecular complexity index is 473. The van der Waals surface area contributed by atoms with Crippen LogP contribution in [0.1, 0.15) is 31.7 Å². The standard InChI is InChI=1S/C16H18BrN/c1-2-3-4-5-13-6-8-14(9-7-13)16-11-10-15(17)12-18-16/h6-12H,2-5H2,1H3. The zero-order valence-electron chi connectivity index (χ0n) is 10.7. The minimum atomic E-state index is 1.02. The van der Waals surface area contributed by atoms with Crippen LogP contribution in [0.5, 0.6) is 0 Å². The third-order valence-corrected chi connectivity index (χ3v) is 3.52. The zero-order chi connectivity index (χ0) is 12.8. The Morgan fingerprint density at radius 1 is 1.00 bits per heavy atom. The molecule has 2 aromatic rings. The summed E-state index contributed by atoms with van der Waals surface area (Å²) < 4.78 is 1.02. The molecule has 1 aromatic heterocycles. The molecule has 2 rings (SSSR count). The van der Waals surface area contributed by atoms with Crippen molar-refractivity contribution in [1.82, 2.24) is 4.98 Å². The van der Waals surface area contributed by atoms with E-state index in [1.165, 1.54) is 36.8 Å². The molecule has 0 saturated carbocycles. The number of hydrogen-bond acceptors (Lipinski definition) is 1. The number of halogens is 1. The normalized spacial score (nSPS) is 10.6. The Labute approximate surface area is 117 Å². The minimum Gasteiger partial charge on any atom is -0.255 e. The molecule has 0 aliphatic rings. The van der Waals surface area contributed by atoms with Gasteiger partial charge < -0.3 is 0 Å². The molecule has 0 amide bonds. The molecule has 1 nitrogen and oxygen atoms in total. The average Bonchev–Trinajstić information content (AvgIpc) is 2.41. The molecule has 0 spiro atoms. The van der Waals surface area contributed by atoms with Crippen LogP contribution in [0, 0.1) is 0 Å². The zero-order valence-corrected chi connectivity index (χ0v) is 12.3. The first-order valence-electron chi connectivity index (χ1n) is 6.50. The van der Waals surface area contributed by atoms with E-state index in [0.717, 1.165) is 10.2 Å². The predicted molar refractivity (Wildman–Crippen MR) is 80.6 cm³/mol. The quantitative estimate of drug-likeness (QED) is 0.688. The molecule has 0 saturated heterocycles. The van der Waals surface area contributed by atoms with E-state index < -0.39 is 0 Å². The first-order valence-corrected chi connectivity index (χ1v) is 7.30. The minimum absolute atomic E-state index is 1.02. The van der Waals surface area contributed by atoms with Gasteiger partial charge in [-0.1, -0.05) is 44.0 Å². The number of rotatable bonds is 5. The number of aryl methyl sites for hydroxylation is 1. The van der Waals surface area contributed by atoms with E-state index in [9.17, 15) is 0 Å². The lowest BCUT2D eigenvalue weighted by Gasteiger charge is -2.04. The van der Waals surface area contributed by atoms with Gasteiger partial charge in [0.2, 0.25) is 0 Å². The van der Waals surface area contributed by atoms with Crippen LogP contribution in [0.2, 0.25) is 0 Å². The van der Waals surface area contributed by atoms with Crippen LogP contribution in [0.3, 0.4) is 0 Å². The van der Waals surface area contributed by atoms with Gasteiger partial charge in [-0.3, -0.25) is 4.98 Å². The summed E-state index contributed by atoms with van der Waals surface area (Å²) in [5.74, 6) is 0. The smallest absolute Gasteiger partial charge is 0.0702 e. The third-order valence-electron chi connectivity index (χ3n) is 3.05. The second-order valence-electron chi connectivity index (χ2n) is 4.52. The molecule has 0 N–H and O–H groups in total. The Morgan fingerprint density at radius 2 is 1.78 bits per heavy atom. The summed E-state index contributed by atoms with van der Waals surface area (Å²) in [5, 5.41) is 0. The molecule has 94 valence electrons. The molecule has 2 heteroatoms. The highest BCUT2D eigenvalue weighted by Crippen LogP contribution is 2.20. The molecule has 18 heavy (non-hydrogen) atoms. The van der Waals surface area contributed by atoms with Crippen molar-refractivity contribution in [3.8, 4) is 11.3 Å². The molecule has 0 atom stereocenters. The predicted octanol–water partition coefficient (Wildman–Crippen LogP) is 5.24. The summed E-state index contributed by atoms with van der Waals surface area (Å²) in [7, 11) is 0. The maximum atomic E-state index is 4.41. The van der Waals surface area contributed by atoms with Crippen molar-refractivity contribution in [2.75, 3.05) is 0 Å². The molecule has 0 aliphatic heterocycles. The highest BCUT2D eigenvalue weighted by molar-refractivity contribution is 9.10. The van der Waals surface area contributed by atoms with Crippen LogP contribution < -0.4 is 0 Å². The van der Waals surface area contributed by atoms with Gasteiger partial charge in [-0.2, -0.15) is 0 Å². The second kappa shape index (κ2) is 6.69. The number of nitrogens with zero attached hydrogens (tertiary/aromatic N) is 1. The lowest BCUT2D eigenvalue weighted by molar-refractivity contribution is 0.717. The largest absolute Gasteiger partial charge is 0.255 e. The van der Waals surface area contributed by atoms with Crippen molar-refractivity contribution in [2.45, 2.75) is 32.6 Å². The fourth-order valence-corrected chi connectivity index (χ4v) is 2.20. The van der Waals surface area contributed by atoms with Gasteiger partial charge in [0, 0.05) is 16.2 Å². The van der Waals surface area contributed by atoms with Crippen LogP contribution in [-0.2, 0) is 6.42 Å². The summed E-state index contributed by atoms with van der Waals surface area (Å²) in [4.78, 5) is 4.41. The third kappa shape index (κ3) is 3.67. The van der Waals surface area contributed by atoms with Crippen molar-refractivity contribution in [3.05, 3.63) is 52.6 Å². The van der Waals surface area contributed by atoms with Gasteiger partial charge in [0.25, 0.3) is 0 Å². The van der Waals surface area contributed by atoms with E-state index in [0.29, 0.717) is 0 Å². The topological polar surface area (TPSA) is 12.9 Å². The molecule has 0 radical (unpaired) electrons. The van der Waals surface area contributed by atoms with Crippen molar-refractivity contribution in [2.24, 2.45) is 0 Å². The van der Waals surface area contributed by atoms with E-state index in [1.54, 1.807) is 0 Å². The van der Waals surface area contributed by atoms with E-state index >= 15 is 0 Å². The molecule has 0 unspecified atom stereocenters. The summed E-state index contributed by atoms with van der Waals surface area (Å²) >= 11 is 3.40. The molecule has 1 aromatic carbocycles. The number of aromatic nitrogens is 1. The van der Waals surface area contributed by atoms with E-state index in [-0.39, 0.29) is 0 Å². The molecular weight excluding hydrogens is 286 g/mol. The van der Waals surface area contributed by atoms with Gasteiger partial charge in [-0.25, -0.2) is 0 Å². The highest BCUT2D eigenvalue weighted by Gasteiger charge is 1.99. The van der Waals surface area contributed by atoms with Gasteiger partial charge in [0.15, 0.2) is 0 Å². The Hall–Kier alpha value is -1.15. The van der Waals surface area contributed by atoms with Crippen LogP contribution >= 0.6 is 15.9 Å². The van der Waals surface area contributed by atoms with Crippen LogP contribution in [0.25, 0.3) is 11.3 Å². The number of benzene rings is 1. The fraction of sp³-hybridized carbons (Fsp3) is 0.312. The van der Waals surface area contributed by atoms with E-state index in [2.05, 4.69) is 52.1 Å². The first kappa shape index (κ1) is 13.3. The number of hydrogen-bond donors (Lipinski definition) is 0. The molecule has 0 fully saturated rings. The van der Waals surface area contributed by atoms with Gasteiger partial charge in [-0.05, 0) is 46.5 Å². The summed E-state index contributed by atoms with van der Waals surface area (Å²) in [6.45, 7) is 2.24. The van der Waals surface area contributed by atoms with Gasteiger partial charge >= 0.3 is 0 Å². The Kier molecular flexibility index (Phi) is 4.94. The average molecular weight is 304 g/mol. The Balaban J connectivity index is 2.05. The number of pyridine rings is 1. The number of unbranched alkanes of at least 4 members (excludes halogenated alkanes) is 2. The molecular formula is C16H18BrN. The van der Waals surface area contributed by atoms with E-state index in [4.69, 9.17) is 0 Å². The fourth-order valence-electron chi connectivity index (χ4n) is 1.97. The van der Waals surface area contributed by atoms with Crippen LogP contribution in [-0.4, -0.2) is 4.98 Å². The molecule has 0 bridgehead atoms. The lowest BCUT2D eigenvalue weighted by Crippen LogP contribution is -1.87. The monoisotopic (exact) mass is 303 g/mol. The summed E-state index contributed by atoms with van der Waals surface area (Å²) in [5.41, 5.74) is 3.63. The van der Waals surface area contributed by atoms with Crippen molar-refractivity contribution in [1.29, 1.82) is 0 Å². The van der Waals surface area contributed by atoms with Gasteiger partial charge in [0.05, 0.1) is 5.69 Å². The SMILES string of the molecule is CCCCCc1ccc(-c2ccc(Br)cn2)cc1. The van der Waals surface area contributed by atoms with Crippen LogP contribution in [0.15, 0.2) is 47.1 Å². The van der Waals surface area contributed by atoms with Crippen molar-refractivity contribution < 1.29 is 0 Å². The van der Waals surface area contributed by atoms with Gasteiger partial charge in [0.1, 0.15) is 0 Å². The second-order valence-corrected chi connectivity index (χ2v) is 5.43. The summed E-state index contributed by atoms with van der Waals surface area (Å²) in [6.07, 6.45) is 6.90. The van der Waals surface area contributed by atoms with Crippen LogP contribution in [0.4, 0.5) is 0 Å². The lowest BCUT2D eigenvalue weighted by atomic mass is 10.0. The van der Waals surface area contributed by atoms with Crippen molar-refractivity contribution in [3.63, 3.8) is 0 Å². The molecule has 0 aliphatic carbocycles. The van der Waals surface area contributed by atoms with Crippen molar-refractivity contribution >= 4 is 15.9 Å². The van der Waals surface area contributed by atoms with Gasteiger partial charge in [-0.15, -0.1) is 0 Å². The Morgan fingerprint density at radius 3 is 2.39 bits per heavy atom. The maximum absolute atomic E-state index is 4.41. The molecule has 1 heterocycles. The summed E-state index contributed by atoms with van der Waals surface area (Å²) in [6, 6.07) is 12.8. The van der Waals surface area contributed by atoms with E-state index in [1.807, 2.05) is 18.3 Å².